The molecule has 0 saturated carbocycles. The van der Waals surface area contributed by atoms with Crippen LogP contribution in [0.15, 0.2) is 12.1 Å². The van der Waals surface area contributed by atoms with Crippen LogP contribution >= 0.6 is 0 Å². The first-order valence-electron chi connectivity index (χ1n) is 6.11. The van der Waals surface area contributed by atoms with Crippen molar-refractivity contribution in [2.75, 3.05) is 32.1 Å². The lowest BCUT2D eigenvalue weighted by Crippen LogP contribution is -2.39. The fourth-order valence-electron chi connectivity index (χ4n) is 1.79. The maximum absolute atomic E-state index is 13.5. The standard InChI is InChI=1S/C13H17FN2O3/c1-8-11(14)4-9(5-12(8)15)13(17)16-6-10-7-18-2-3-19-10/h4-5,10H,2-3,6-7,15H2,1H3,(H,16,17). The Morgan fingerprint density at radius 3 is 2.95 bits per heavy atom. The molecule has 104 valence electrons. The van der Waals surface area contributed by atoms with E-state index in [9.17, 15) is 9.18 Å². The molecule has 19 heavy (non-hydrogen) atoms. The third kappa shape index (κ3) is 3.42. The molecule has 1 aliphatic rings. The minimum absolute atomic E-state index is 0.162. The highest BCUT2D eigenvalue weighted by Crippen LogP contribution is 2.17. The maximum atomic E-state index is 13.5. The Morgan fingerprint density at radius 2 is 2.32 bits per heavy atom. The Hall–Kier alpha value is -1.66. The molecule has 1 atom stereocenters. The number of carbonyl (C=O) groups is 1. The van der Waals surface area contributed by atoms with Gasteiger partial charge in [0.25, 0.3) is 5.91 Å². The van der Waals surface area contributed by atoms with Crippen LogP contribution in [0.25, 0.3) is 0 Å². The fraction of sp³-hybridized carbons (Fsp3) is 0.462. The second-order valence-corrected chi connectivity index (χ2v) is 4.45. The van der Waals surface area contributed by atoms with Crippen molar-refractivity contribution in [3.63, 3.8) is 0 Å². The first kappa shape index (κ1) is 13.8. The predicted octanol–water partition coefficient (Wildman–Crippen LogP) is 0.862. The summed E-state index contributed by atoms with van der Waals surface area (Å²) in [5, 5.41) is 2.68. The number of ether oxygens (including phenoxy) is 2. The number of carbonyl (C=O) groups excluding carboxylic acids is 1. The maximum Gasteiger partial charge on any atom is 0.251 e. The molecule has 0 aromatic heterocycles. The zero-order chi connectivity index (χ0) is 13.8. The van der Waals surface area contributed by atoms with Crippen molar-refractivity contribution in [3.8, 4) is 0 Å². The molecule has 6 heteroatoms. The van der Waals surface area contributed by atoms with Gasteiger partial charge in [-0.1, -0.05) is 0 Å². The number of nitrogens with one attached hydrogen (secondary N) is 1. The third-order valence-corrected chi connectivity index (χ3v) is 3.02. The number of amides is 1. The van der Waals surface area contributed by atoms with Crippen LogP contribution in [0.2, 0.25) is 0 Å². The summed E-state index contributed by atoms with van der Waals surface area (Å²) in [6.45, 7) is 3.44. The molecule has 3 N–H and O–H groups in total. The number of hydrogen-bond donors (Lipinski definition) is 2. The normalized spacial score (nSPS) is 19.2. The number of nitrogens with two attached hydrogens (primary N) is 1. The van der Waals surface area contributed by atoms with Gasteiger partial charge in [0.1, 0.15) is 5.82 Å². The second-order valence-electron chi connectivity index (χ2n) is 4.45. The molecule has 1 heterocycles. The van der Waals surface area contributed by atoms with Gasteiger partial charge in [0, 0.05) is 23.4 Å². The molecular weight excluding hydrogens is 251 g/mol. The van der Waals surface area contributed by atoms with Crippen molar-refractivity contribution >= 4 is 11.6 Å². The summed E-state index contributed by atoms with van der Waals surface area (Å²) in [5.74, 6) is -0.859. The topological polar surface area (TPSA) is 73.6 Å². The van der Waals surface area contributed by atoms with E-state index in [2.05, 4.69) is 5.32 Å². The van der Waals surface area contributed by atoms with Crippen molar-refractivity contribution in [1.29, 1.82) is 0 Å². The highest BCUT2D eigenvalue weighted by Gasteiger charge is 2.16. The summed E-state index contributed by atoms with van der Waals surface area (Å²) in [6, 6.07) is 2.64. The van der Waals surface area contributed by atoms with Crippen molar-refractivity contribution < 1.29 is 18.7 Å². The summed E-state index contributed by atoms with van der Waals surface area (Å²) in [7, 11) is 0. The molecule has 1 aromatic carbocycles. The molecule has 0 radical (unpaired) electrons. The molecular formula is C13H17FN2O3. The molecule has 1 aliphatic heterocycles. The van der Waals surface area contributed by atoms with Crippen LogP contribution in [0.3, 0.4) is 0 Å². The van der Waals surface area contributed by atoms with Crippen LogP contribution in [0, 0.1) is 12.7 Å². The lowest BCUT2D eigenvalue weighted by atomic mass is 10.1. The zero-order valence-corrected chi connectivity index (χ0v) is 10.7. The van der Waals surface area contributed by atoms with Gasteiger partial charge in [0.15, 0.2) is 0 Å². The Morgan fingerprint density at radius 1 is 1.53 bits per heavy atom. The van der Waals surface area contributed by atoms with Crippen molar-refractivity contribution in [2.24, 2.45) is 0 Å². The molecule has 1 saturated heterocycles. The SMILES string of the molecule is Cc1c(N)cc(C(=O)NCC2COCCO2)cc1F. The third-order valence-electron chi connectivity index (χ3n) is 3.02. The number of hydrogen-bond acceptors (Lipinski definition) is 4. The lowest BCUT2D eigenvalue weighted by Gasteiger charge is -2.23. The van der Waals surface area contributed by atoms with E-state index in [4.69, 9.17) is 15.2 Å². The summed E-state index contributed by atoms with van der Waals surface area (Å²) in [4.78, 5) is 11.9. The van der Waals surface area contributed by atoms with E-state index >= 15 is 0 Å². The average Bonchev–Trinajstić information content (AvgIpc) is 2.42. The van der Waals surface area contributed by atoms with E-state index < -0.39 is 5.82 Å². The van der Waals surface area contributed by atoms with E-state index in [1.807, 2.05) is 0 Å². The van der Waals surface area contributed by atoms with E-state index in [0.29, 0.717) is 31.9 Å². The fourth-order valence-corrected chi connectivity index (χ4v) is 1.79. The average molecular weight is 268 g/mol. The predicted molar refractivity (Wildman–Crippen MR) is 68.4 cm³/mol. The quantitative estimate of drug-likeness (QED) is 0.797. The van der Waals surface area contributed by atoms with E-state index in [0.717, 1.165) is 0 Å². The Labute approximate surface area is 110 Å². The number of nitrogen functional groups attached to an aromatic ring is 1. The van der Waals surface area contributed by atoms with Gasteiger partial charge in [0.05, 0.1) is 25.9 Å². The highest BCUT2D eigenvalue weighted by molar-refractivity contribution is 5.95. The van der Waals surface area contributed by atoms with Gasteiger partial charge in [-0.15, -0.1) is 0 Å². The number of benzene rings is 1. The Bertz CT molecular complexity index is 450. The molecule has 1 fully saturated rings. The molecule has 5 nitrogen and oxygen atoms in total. The zero-order valence-electron chi connectivity index (χ0n) is 10.7. The van der Waals surface area contributed by atoms with Crippen LogP contribution in [0.4, 0.5) is 10.1 Å². The van der Waals surface area contributed by atoms with E-state index in [-0.39, 0.29) is 23.3 Å². The minimum atomic E-state index is -0.484. The van der Waals surface area contributed by atoms with E-state index in [1.54, 1.807) is 6.92 Å². The monoisotopic (exact) mass is 268 g/mol. The van der Waals surface area contributed by atoms with Crippen molar-refractivity contribution in [2.45, 2.75) is 13.0 Å². The van der Waals surface area contributed by atoms with Gasteiger partial charge in [-0.3, -0.25) is 4.79 Å². The Balaban J connectivity index is 1.96. The molecule has 1 aromatic rings. The number of halogens is 1. The first-order valence-corrected chi connectivity index (χ1v) is 6.11. The summed E-state index contributed by atoms with van der Waals surface area (Å²) in [5.41, 5.74) is 6.45. The van der Waals surface area contributed by atoms with Crippen LogP contribution in [0.5, 0.6) is 0 Å². The van der Waals surface area contributed by atoms with Gasteiger partial charge < -0.3 is 20.5 Å². The minimum Gasteiger partial charge on any atom is -0.398 e. The van der Waals surface area contributed by atoms with Gasteiger partial charge in [-0.25, -0.2) is 4.39 Å². The molecule has 2 rings (SSSR count). The van der Waals surface area contributed by atoms with Crippen molar-refractivity contribution in [3.05, 3.63) is 29.1 Å². The van der Waals surface area contributed by atoms with Crippen LogP contribution < -0.4 is 11.1 Å². The largest absolute Gasteiger partial charge is 0.398 e. The molecule has 0 spiro atoms. The first-order chi connectivity index (χ1) is 9.08. The smallest absolute Gasteiger partial charge is 0.251 e. The van der Waals surface area contributed by atoms with Crippen LogP contribution in [-0.2, 0) is 9.47 Å². The number of rotatable bonds is 3. The van der Waals surface area contributed by atoms with E-state index in [1.165, 1.54) is 12.1 Å². The lowest BCUT2D eigenvalue weighted by molar-refractivity contribution is -0.0855. The summed E-state index contributed by atoms with van der Waals surface area (Å²) >= 11 is 0. The van der Waals surface area contributed by atoms with Gasteiger partial charge in [-0.2, -0.15) is 0 Å². The Kier molecular flexibility index (Phi) is 4.34. The van der Waals surface area contributed by atoms with Gasteiger partial charge >= 0.3 is 0 Å². The molecule has 0 aliphatic carbocycles. The summed E-state index contributed by atoms with van der Waals surface area (Å²) in [6.07, 6.45) is -0.162. The van der Waals surface area contributed by atoms with Gasteiger partial charge in [-0.05, 0) is 19.1 Å². The second kappa shape index (κ2) is 5.99. The van der Waals surface area contributed by atoms with Crippen LogP contribution in [0.1, 0.15) is 15.9 Å². The molecule has 1 unspecified atom stereocenters. The number of anilines is 1. The molecule has 1 amide bonds. The highest BCUT2D eigenvalue weighted by atomic mass is 19.1. The van der Waals surface area contributed by atoms with Crippen LogP contribution in [-0.4, -0.2) is 38.4 Å². The summed E-state index contributed by atoms with van der Waals surface area (Å²) < 4.78 is 24.1. The van der Waals surface area contributed by atoms with Crippen molar-refractivity contribution in [1.82, 2.24) is 5.32 Å². The molecule has 0 bridgehead atoms. The van der Waals surface area contributed by atoms with Gasteiger partial charge in [0.2, 0.25) is 0 Å².